The molecule has 1 saturated heterocycles. The van der Waals surface area contributed by atoms with E-state index in [-0.39, 0.29) is 12.0 Å². The third-order valence-corrected chi connectivity index (χ3v) is 4.11. The number of nitrogens with one attached hydrogen (secondary N) is 2. The smallest absolute Gasteiger partial charge is 0.254 e. The molecule has 1 aromatic carbocycles. The first-order chi connectivity index (χ1) is 11.6. The maximum atomic E-state index is 12.1. The molecule has 1 aliphatic rings. The normalized spacial score (nSPS) is 16.8. The Balaban J connectivity index is 1.60. The molecule has 126 valence electrons. The van der Waals surface area contributed by atoms with Crippen molar-refractivity contribution < 1.29 is 9.53 Å². The summed E-state index contributed by atoms with van der Waals surface area (Å²) in [7, 11) is 0. The van der Waals surface area contributed by atoms with Gasteiger partial charge in [0.2, 0.25) is 5.95 Å². The molecule has 2 N–H and O–H groups in total. The van der Waals surface area contributed by atoms with Gasteiger partial charge in [-0.05, 0) is 37.5 Å². The van der Waals surface area contributed by atoms with Crippen LogP contribution in [-0.4, -0.2) is 35.1 Å². The first kappa shape index (κ1) is 16.7. The van der Waals surface area contributed by atoms with E-state index < -0.39 is 0 Å². The minimum Gasteiger partial charge on any atom is -0.376 e. The summed E-state index contributed by atoms with van der Waals surface area (Å²) < 4.78 is 5.48. The van der Waals surface area contributed by atoms with E-state index in [0.29, 0.717) is 23.1 Å². The van der Waals surface area contributed by atoms with Gasteiger partial charge in [0.25, 0.3) is 5.91 Å². The fraction of sp³-hybridized carbons (Fsp3) is 0.353. The van der Waals surface area contributed by atoms with E-state index in [0.717, 1.165) is 30.7 Å². The summed E-state index contributed by atoms with van der Waals surface area (Å²) in [6.45, 7) is 3.25. The molecule has 0 saturated carbocycles. The predicted molar refractivity (Wildman–Crippen MR) is 92.8 cm³/mol. The number of benzene rings is 1. The molecule has 0 bridgehead atoms. The van der Waals surface area contributed by atoms with Gasteiger partial charge in [0.1, 0.15) is 0 Å². The first-order valence-corrected chi connectivity index (χ1v) is 8.24. The minimum atomic E-state index is -0.198. The van der Waals surface area contributed by atoms with Crippen LogP contribution in [0.15, 0.2) is 30.6 Å². The van der Waals surface area contributed by atoms with Crippen LogP contribution in [0.1, 0.15) is 28.8 Å². The van der Waals surface area contributed by atoms with Crippen LogP contribution in [-0.2, 0) is 4.74 Å². The minimum absolute atomic E-state index is 0.113. The molecule has 1 aromatic heterocycles. The van der Waals surface area contributed by atoms with Crippen LogP contribution >= 0.6 is 11.6 Å². The molecule has 0 aliphatic carbocycles. The average Bonchev–Trinajstić information content (AvgIpc) is 3.10. The van der Waals surface area contributed by atoms with Crippen molar-refractivity contribution in [3.63, 3.8) is 0 Å². The van der Waals surface area contributed by atoms with E-state index in [1.54, 1.807) is 0 Å². The van der Waals surface area contributed by atoms with Crippen molar-refractivity contribution in [1.29, 1.82) is 0 Å². The van der Waals surface area contributed by atoms with E-state index in [2.05, 4.69) is 20.6 Å². The Hall–Kier alpha value is -2.18. The topological polar surface area (TPSA) is 76.1 Å². The molecule has 3 rings (SSSR count). The summed E-state index contributed by atoms with van der Waals surface area (Å²) in [4.78, 5) is 20.5. The monoisotopic (exact) mass is 346 g/mol. The Labute approximate surface area is 145 Å². The first-order valence-electron chi connectivity index (χ1n) is 7.87. The van der Waals surface area contributed by atoms with E-state index >= 15 is 0 Å². The highest BCUT2D eigenvalue weighted by Crippen LogP contribution is 2.22. The molecular formula is C17H19ClN4O2. The predicted octanol–water partition coefficient (Wildman–Crippen LogP) is 3.09. The fourth-order valence-corrected chi connectivity index (χ4v) is 2.65. The van der Waals surface area contributed by atoms with Gasteiger partial charge in [-0.25, -0.2) is 9.97 Å². The van der Waals surface area contributed by atoms with Gasteiger partial charge in [-0.3, -0.25) is 4.79 Å². The van der Waals surface area contributed by atoms with Gasteiger partial charge in [-0.2, -0.15) is 0 Å². The average molecular weight is 347 g/mol. The molecule has 0 spiro atoms. The number of aromatic nitrogens is 2. The number of hydrogen-bond acceptors (Lipinski definition) is 5. The number of halogens is 1. The number of rotatable bonds is 5. The quantitative estimate of drug-likeness (QED) is 0.870. The zero-order chi connectivity index (χ0) is 16.9. The second-order valence-corrected chi connectivity index (χ2v) is 6.16. The Morgan fingerprint density at radius 1 is 1.38 bits per heavy atom. The summed E-state index contributed by atoms with van der Waals surface area (Å²) in [6, 6.07) is 5.55. The van der Waals surface area contributed by atoms with Crippen LogP contribution in [0.2, 0.25) is 5.02 Å². The van der Waals surface area contributed by atoms with Gasteiger partial charge >= 0.3 is 0 Å². The molecule has 1 unspecified atom stereocenters. The number of aryl methyl sites for hydroxylation is 1. The standard InChI is InChI=1S/C17H19ClN4O2/c1-11-4-5-13(18)7-15(11)22-17-20-8-12(9-21-17)16(23)19-10-14-3-2-6-24-14/h4-5,7-9,14H,2-3,6,10H2,1H3,(H,19,23)(H,20,21,22). The maximum Gasteiger partial charge on any atom is 0.254 e. The second kappa shape index (κ2) is 7.59. The van der Waals surface area contributed by atoms with E-state index in [1.807, 2.05) is 25.1 Å². The lowest BCUT2D eigenvalue weighted by atomic mass is 10.2. The largest absolute Gasteiger partial charge is 0.376 e. The summed E-state index contributed by atoms with van der Waals surface area (Å²) >= 11 is 5.99. The zero-order valence-electron chi connectivity index (χ0n) is 13.4. The number of carbonyl (C=O) groups is 1. The molecule has 6 nitrogen and oxygen atoms in total. The SMILES string of the molecule is Cc1ccc(Cl)cc1Nc1ncc(C(=O)NCC2CCCO2)cn1. The number of amides is 1. The highest BCUT2D eigenvalue weighted by Gasteiger charge is 2.17. The van der Waals surface area contributed by atoms with Crippen LogP contribution in [0.25, 0.3) is 0 Å². The molecule has 2 aromatic rings. The Morgan fingerprint density at radius 2 is 2.17 bits per heavy atom. The number of ether oxygens (including phenoxy) is 1. The lowest BCUT2D eigenvalue weighted by Gasteiger charge is -2.11. The second-order valence-electron chi connectivity index (χ2n) is 5.72. The van der Waals surface area contributed by atoms with Crippen molar-refractivity contribution in [2.24, 2.45) is 0 Å². The highest BCUT2D eigenvalue weighted by atomic mass is 35.5. The Morgan fingerprint density at radius 3 is 2.88 bits per heavy atom. The van der Waals surface area contributed by atoms with E-state index in [4.69, 9.17) is 16.3 Å². The van der Waals surface area contributed by atoms with E-state index in [9.17, 15) is 4.79 Å². The molecule has 0 radical (unpaired) electrons. The molecule has 7 heteroatoms. The molecular weight excluding hydrogens is 328 g/mol. The molecule has 1 atom stereocenters. The number of anilines is 2. The lowest BCUT2D eigenvalue weighted by Crippen LogP contribution is -2.31. The van der Waals surface area contributed by atoms with Crippen LogP contribution in [0, 0.1) is 6.92 Å². The van der Waals surface area contributed by atoms with Gasteiger partial charge in [0.05, 0.1) is 11.7 Å². The van der Waals surface area contributed by atoms with Crippen molar-refractivity contribution in [3.8, 4) is 0 Å². The summed E-state index contributed by atoms with van der Waals surface area (Å²) in [5, 5.41) is 6.58. The van der Waals surface area contributed by atoms with Crippen molar-refractivity contribution in [1.82, 2.24) is 15.3 Å². The van der Waals surface area contributed by atoms with Crippen molar-refractivity contribution in [2.75, 3.05) is 18.5 Å². The van der Waals surface area contributed by atoms with Gasteiger partial charge < -0.3 is 15.4 Å². The number of carbonyl (C=O) groups excluding carboxylic acids is 1. The summed E-state index contributed by atoms with van der Waals surface area (Å²) in [5.41, 5.74) is 2.28. The third-order valence-electron chi connectivity index (χ3n) is 3.87. The Bertz CT molecular complexity index is 715. The summed E-state index contributed by atoms with van der Waals surface area (Å²) in [5.74, 6) is 0.215. The summed E-state index contributed by atoms with van der Waals surface area (Å²) in [6.07, 6.45) is 5.15. The van der Waals surface area contributed by atoms with Crippen molar-refractivity contribution in [2.45, 2.75) is 25.9 Å². The Kier molecular flexibility index (Phi) is 5.27. The maximum absolute atomic E-state index is 12.1. The molecule has 1 amide bonds. The van der Waals surface area contributed by atoms with Crippen LogP contribution in [0.5, 0.6) is 0 Å². The van der Waals surface area contributed by atoms with Crippen LogP contribution in [0.3, 0.4) is 0 Å². The lowest BCUT2D eigenvalue weighted by molar-refractivity contribution is 0.0857. The number of nitrogens with zero attached hydrogens (tertiary/aromatic N) is 2. The van der Waals surface area contributed by atoms with Gasteiger partial charge in [0, 0.05) is 36.3 Å². The molecule has 2 heterocycles. The zero-order valence-corrected chi connectivity index (χ0v) is 14.1. The highest BCUT2D eigenvalue weighted by molar-refractivity contribution is 6.30. The van der Waals surface area contributed by atoms with Crippen molar-refractivity contribution in [3.05, 3.63) is 46.7 Å². The van der Waals surface area contributed by atoms with Gasteiger partial charge in [0.15, 0.2) is 0 Å². The number of hydrogen-bond donors (Lipinski definition) is 2. The molecule has 1 fully saturated rings. The molecule has 24 heavy (non-hydrogen) atoms. The third kappa shape index (κ3) is 4.21. The van der Waals surface area contributed by atoms with Crippen LogP contribution < -0.4 is 10.6 Å². The van der Waals surface area contributed by atoms with Gasteiger partial charge in [-0.1, -0.05) is 17.7 Å². The molecule has 1 aliphatic heterocycles. The van der Waals surface area contributed by atoms with E-state index in [1.165, 1.54) is 12.4 Å². The van der Waals surface area contributed by atoms with Crippen molar-refractivity contribution >= 4 is 29.1 Å². The fourth-order valence-electron chi connectivity index (χ4n) is 2.47. The van der Waals surface area contributed by atoms with Gasteiger partial charge in [-0.15, -0.1) is 0 Å². The van der Waals surface area contributed by atoms with Crippen LogP contribution in [0.4, 0.5) is 11.6 Å².